The average Bonchev–Trinajstić information content (AvgIpc) is 3.04. The number of carbonyl (C=O) groups is 1. The second-order valence-electron chi connectivity index (χ2n) is 6.61. The summed E-state index contributed by atoms with van der Waals surface area (Å²) in [5.74, 6) is -2.59. The van der Waals surface area contributed by atoms with Gasteiger partial charge in [-0.05, 0) is 48.5 Å². The van der Waals surface area contributed by atoms with Crippen LogP contribution >= 0.6 is 0 Å². The molecule has 1 N–H and O–H groups in total. The number of aromatic nitrogens is 3. The molecule has 0 fully saturated rings. The van der Waals surface area contributed by atoms with Crippen LogP contribution in [-0.2, 0) is 6.18 Å². The van der Waals surface area contributed by atoms with Crippen molar-refractivity contribution in [2.45, 2.75) is 6.18 Å². The van der Waals surface area contributed by atoms with Crippen molar-refractivity contribution in [1.29, 1.82) is 5.26 Å². The minimum atomic E-state index is -4.84. The predicted octanol–water partition coefficient (Wildman–Crippen LogP) is 3.90. The Morgan fingerprint density at radius 3 is 2.38 bits per heavy atom. The Labute approximate surface area is 176 Å². The number of imidazole rings is 1. The summed E-state index contributed by atoms with van der Waals surface area (Å²) in [6, 6.07) is 10.2. The highest BCUT2D eigenvalue weighted by atomic mass is 19.4. The van der Waals surface area contributed by atoms with Gasteiger partial charge in [-0.2, -0.15) is 18.4 Å². The van der Waals surface area contributed by atoms with Crippen molar-refractivity contribution in [2.24, 2.45) is 0 Å². The van der Waals surface area contributed by atoms with Crippen molar-refractivity contribution in [3.8, 4) is 17.4 Å². The van der Waals surface area contributed by atoms with E-state index in [1.54, 1.807) is 0 Å². The topological polar surface area (TPSA) is 101 Å². The van der Waals surface area contributed by atoms with Gasteiger partial charge >= 0.3 is 17.8 Å². The summed E-state index contributed by atoms with van der Waals surface area (Å²) in [7, 11) is 0. The van der Waals surface area contributed by atoms with E-state index in [9.17, 15) is 27.2 Å². The second-order valence-corrected chi connectivity index (χ2v) is 6.61. The van der Waals surface area contributed by atoms with Gasteiger partial charge in [0, 0.05) is 6.20 Å². The van der Waals surface area contributed by atoms with Crippen molar-refractivity contribution < 1.29 is 27.5 Å². The molecule has 0 amide bonds. The van der Waals surface area contributed by atoms with Crippen LogP contribution in [0.3, 0.4) is 0 Å². The Morgan fingerprint density at radius 2 is 1.75 bits per heavy atom. The molecular formula is C21H10F4N4O3. The lowest BCUT2D eigenvalue weighted by molar-refractivity contribution is -0.137. The van der Waals surface area contributed by atoms with Crippen molar-refractivity contribution in [2.75, 3.05) is 0 Å². The molecule has 7 nitrogen and oxygen atoms in total. The number of benzene rings is 2. The fraction of sp³-hybridized carbons (Fsp3) is 0.0476. The lowest BCUT2D eigenvalue weighted by atomic mass is 10.1. The summed E-state index contributed by atoms with van der Waals surface area (Å²) in [6.45, 7) is 0. The molecule has 0 saturated heterocycles. The van der Waals surface area contributed by atoms with E-state index < -0.39 is 40.3 Å². The van der Waals surface area contributed by atoms with Crippen LogP contribution in [0.25, 0.3) is 22.5 Å². The molecule has 2 aromatic carbocycles. The van der Waals surface area contributed by atoms with Crippen LogP contribution in [0.15, 0.2) is 59.5 Å². The first-order valence-electron chi connectivity index (χ1n) is 8.87. The first kappa shape index (κ1) is 20.8. The molecule has 0 radical (unpaired) electrons. The Bertz CT molecular complexity index is 1500. The zero-order valence-corrected chi connectivity index (χ0v) is 15.8. The molecule has 160 valence electrons. The Hall–Kier alpha value is -4.46. The summed E-state index contributed by atoms with van der Waals surface area (Å²) < 4.78 is 56.4. The van der Waals surface area contributed by atoms with Crippen molar-refractivity contribution in [1.82, 2.24) is 14.1 Å². The minimum Gasteiger partial charge on any atom is -0.478 e. The smallest absolute Gasteiger partial charge is 0.417 e. The van der Waals surface area contributed by atoms with Crippen LogP contribution in [0.5, 0.6) is 0 Å². The maximum absolute atomic E-state index is 14.2. The molecule has 4 rings (SSSR count). The average molecular weight is 442 g/mol. The van der Waals surface area contributed by atoms with E-state index in [2.05, 4.69) is 4.98 Å². The molecule has 0 atom stereocenters. The van der Waals surface area contributed by atoms with E-state index in [-0.39, 0.29) is 22.5 Å². The lowest BCUT2D eigenvalue weighted by Crippen LogP contribution is -2.23. The van der Waals surface area contributed by atoms with Crippen molar-refractivity contribution >= 4 is 17.1 Å². The van der Waals surface area contributed by atoms with E-state index in [1.165, 1.54) is 36.5 Å². The molecule has 0 spiro atoms. The van der Waals surface area contributed by atoms with Crippen LogP contribution in [0, 0.1) is 17.1 Å². The molecule has 2 aromatic heterocycles. The van der Waals surface area contributed by atoms with Crippen molar-refractivity contribution in [3.63, 3.8) is 0 Å². The minimum absolute atomic E-state index is 0.0157. The molecule has 0 bridgehead atoms. The molecular weight excluding hydrogens is 432 g/mol. The standard InChI is InChI=1S/C21H10F4N4O3/c22-16-9-13(5-6-14(16)19(30)31)28-17-2-1-7-27-18(17)29(20(28)32)12-4-3-11(10-26)15(8-12)21(23,24)25/h1-9H,(H,30,31). The maximum atomic E-state index is 14.2. The third kappa shape index (κ3) is 3.27. The van der Waals surface area contributed by atoms with E-state index in [0.717, 1.165) is 27.3 Å². The number of hydrogen-bond acceptors (Lipinski definition) is 4. The number of halogens is 4. The number of nitrogens with zero attached hydrogens (tertiary/aromatic N) is 4. The van der Waals surface area contributed by atoms with E-state index in [0.29, 0.717) is 6.07 Å². The lowest BCUT2D eigenvalue weighted by Gasteiger charge is -2.11. The van der Waals surface area contributed by atoms with E-state index >= 15 is 0 Å². The van der Waals surface area contributed by atoms with Gasteiger partial charge in [0.2, 0.25) is 0 Å². The predicted molar refractivity (Wildman–Crippen MR) is 103 cm³/mol. The van der Waals surface area contributed by atoms with Gasteiger partial charge in [-0.1, -0.05) is 0 Å². The highest BCUT2D eigenvalue weighted by molar-refractivity contribution is 5.88. The summed E-state index contributed by atoms with van der Waals surface area (Å²) in [5.41, 5.74) is -3.42. The van der Waals surface area contributed by atoms with Gasteiger partial charge in [0.05, 0.1) is 39.7 Å². The Morgan fingerprint density at radius 1 is 1.06 bits per heavy atom. The van der Waals surface area contributed by atoms with Gasteiger partial charge in [0.25, 0.3) is 0 Å². The highest BCUT2D eigenvalue weighted by Gasteiger charge is 2.34. The SMILES string of the molecule is N#Cc1ccc(-n2c(=O)n(-c3ccc(C(=O)O)c(F)c3)c3cccnc32)cc1C(F)(F)F. The third-order valence-corrected chi connectivity index (χ3v) is 4.73. The van der Waals surface area contributed by atoms with Crippen molar-refractivity contribution in [3.05, 3.63) is 87.7 Å². The number of carboxylic acid groups (broad SMARTS) is 1. The van der Waals surface area contributed by atoms with Gasteiger partial charge in [0.1, 0.15) is 5.82 Å². The fourth-order valence-electron chi connectivity index (χ4n) is 3.33. The van der Waals surface area contributed by atoms with Gasteiger partial charge in [-0.15, -0.1) is 0 Å². The molecule has 0 aliphatic carbocycles. The molecule has 0 aliphatic heterocycles. The van der Waals surface area contributed by atoms with Gasteiger partial charge in [-0.25, -0.2) is 23.5 Å². The van der Waals surface area contributed by atoms with Gasteiger partial charge in [-0.3, -0.25) is 4.57 Å². The van der Waals surface area contributed by atoms with Crippen LogP contribution in [0.4, 0.5) is 17.6 Å². The maximum Gasteiger partial charge on any atom is 0.417 e. The molecule has 2 heterocycles. The summed E-state index contributed by atoms with van der Waals surface area (Å²) in [6.07, 6.45) is -3.52. The van der Waals surface area contributed by atoms with Gasteiger partial charge in [0.15, 0.2) is 5.65 Å². The molecule has 11 heteroatoms. The number of rotatable bonds is 3. The third-order valence-electron chi connectivity index (χ3n) is 4.73. The molecule has 0 aliphatic rings. The zero-order valence-electron chi connectivity index (χ0n) is 15.8. The number of aromatic carboxylic acids is 1. The van der Waals surface area contributed by atoms with Gasteiger partial charge < -0.3 is 5.11 Å². The Balaban J connectivity index is 2.02. The fourth-order valence-corrected chi connectivity index (χ4v) is 3.33. The number of pyridine rings is 1. The summed E-state index contributed by atoms with van der Waals surface area (Å²) >= 11 is 0. The monoisotopic (exact) mass is 442 g/mol. The summed E-state index contributed by atoms with van der Waals surface area (Å²) in [5, 5.41) is 18.0. The number of carboxylic acids is 1. The first-order chi connectivity index (χ1) is 15.1. The number of fused-ring (bicyclic) bond motifs is 1. The number of alkyl halides is 3. The van der Waals surface area contributed by atoms with E-state index in [4.69, 9.17) is 10.4 Å². The van der Waals surface area contributed by atoms with Crippen LogP contribution in [-0.4, -0.2) is 25.2 Å². The van der Waals surface area contributed by atoms with Crippen LogP contribution in [0.2, 0.25) is 0 Å². The van der Waals surface area contributed by atoms with E-state index in [1.807, 2.05) is 0 Å². The number of hydrogen-bond donors (Lipinski definition) is 1. The largest absolute Gasteiger partial charge is 0.478 e. The normalized spacial score (nSPS) is 11.5. The molecule has 4 aromatic rings. The Kier molecular flexibility index (Phi) is 4.78. The van der Waals surface area contributed by atoms with Crippen LogP contribution in [0.1, 0.15) is 21.5 Å². The molecule has 32 heavy (non-hydrogen) atoms. The molecule has 0 saturated carbocycles. The molecule has 0 unspecified atom stereocenters. The first-order valence-corrected chi connectivity index (χ1v) is 8.87. The zero-order chi connectivity index (χ0) is 23.2. The highest BCUT2D eigenvalue weighted by Crippen LogP contribution is 2.33. The summed E-state index contributed by atoms with van der Waals surface area (Å²) in [4.78, 5) is 28.4. The number of nitriles is 1. The van der Waals surface area contributed by atoms with Crippen LogP contribution < -0.4 is 5.69 Å². The second kappa shape index (κ2) is 7.35. The quantitative estimate of drug-likeness (QED) is 0.485.